The Morgan fingerprint density at radius 3 is 2.50 bits per heavy atom. The minimum Gasteiger partial charge on any atom is -0.497 e. The molecule has 0 bridgehead atoms. The Bertz CT molecular complexity index is 1670. The lowest BCUT2D eigenvalue weighted by atomic mass is 9.96. The van der Waals surface area contributed by atoms with Crippen LogP contribution in [0.15, 0.2) is 87.8 Å². The first-order chi connectivity index (χ1) is 17.4. The number of fused-ring (bicyclic) bond motifs is 2. The van der Waals surface area contributed by atoms with Gasteiger partial charge in [0.25, 0.3) is 5.56 Å². The summed E-state index contributed by atoms with van der Waals surface area (Å²) in [5.41, 5.74) is 2.43. The monoisotopic (exact) mass is 498 g/mol. The normalized spacial score (nSPS) is 15.7. The standard InChI is InChI=1S/C29H26N2O4S/c1-17(2)35-28(33)25-18(3)30-29-31(26(25)20-12-14-22(34-4)15-13-20)27(32)24(36-29)16-21-10-7-9-19-8-5-6-11-23(19)21/h5-17,26H,1-4H3/b24-16-. The van der Waals surface area contributed by atoms with E-state index in [1.165, 1.54) is 11.3 Å². The Labute approximate surface area is 212 Å². The maximum atomic E-state index is 13.8. The van der Waals surface area contributed by atoms with Crippen molar-refractivity contribution in [2.45, 2.75) is 32.9 Å². The number of ether oxygens (including phenoxy) is 2. The number of thiazole rings is 1. The van der Waals surface area contributed by atoms with Crippen LogP contribution in [0.2, 0.25) is 0 Å². The van der Waals surface area contributed by atoms with E-state index in [1.54, 1.807) is 32.4 Å². The summed E-state index contributed by atoms with van der Waals surface area (Å²) in [6.07, 6.45) is 1.60. The highest BCUT2D eigenvalue weighted by atomic mass is 32.1. The predicted octanol–water partition coefficient (Wildman–Crippen LogP) is 4.35. The van der Waals surface area contributed by atoms with Crippen LogP contribution >= 0.6 is 11.3 Å². The highest BCUT2D eigenvalue weighted by molar-refractivity contribution is 7.07. The maximum Gasteiger partial charge on any atom is 0.338 e. The molecule has 2 heterocycles. The molecular formula is C29H26N2O4S. The number of hydrogen-bond acceptors (Lipinski definition) is 6. The van der Waals surface area contributed by atoms with Gasteiger partial charge < -0.3 is 9.47 Å². The number of hydrogen-bond donors (Lipinski definition) is 0. The third-order valence-corrected chi connectivity index (χ3v) is 7.11. The molecule has 0 fully saturated rings. The van der Waals surface area contributed by atoms with Crippen molar-refractivity contribution in [3.8, 4) is 5.75 Å². The van der Waals surface area contributed by atoms with Crippen LogP contribution in [0.25, 0.3) is 16.8 Å². The second kappa shape index (κ2) is 9.59. The summed E-state index contributed by atoms with van der Waals surface area (Å²) in [5.74, 6) is 0.213. The van der Waals surface area contributed by atoms with Gasteiger partial charge in [-0.05, 0) is 60.9 Å². The SMILES string of the molecule is COc1ccc(C2C(C(=O)OC(C)C)=C(C)N=c3s/c(=C\c4cccc5ccccc45)c(=O)n32)cc1. The molecule has 0 spiro atoms. The third kappa shape index (κ3) is 4.27. The highest BCUT2D eigenvalue weighted by Gasteiger charge is 2.33. The quantitative estimate of drug-likeness (QED) is 0.384. The smallest absolute Gasteiger partial charge is 0.338 e. The molecule has 0 radical (unpaired) electrons. The van der Waals surface area contributed by atoms with E-state index in [2.05, 4.69) is 4.99 Å². The van der Waals surface area contributed by atoms with Gasteiger partial charge in [-0.25, -0.2) is 9.79 Å². The van der Waals surface area contributed by atoms with E-state index < -0.39 is 12.0 Å². The molecule has 6 nitrogen and oxygen atoms in total. The highest BCUT2D eigenvalue weighted by Crippen LogP contribution is 2.32. The number of rotatable bonds is 5. The van der Waals surface area contributed by atoms with E-state index in [4.69, 9.17) is 9.47 Å². The van der Waals surface area contributed by atoms with Gasteiger partial charge in [-0.1, -0.05) is 65.9 Å². The Balaban J connectivity index is 1.73. The van der Waals surface area contributed by atoms with Crippen molar-refractivity contribution in [3.05, 3.63) is 109 Å². The van der Waals surface area contributed by atoms with Crippen molar-refractivity contribution >= 4 is 34.2 Å². The average Bonchev–Trinajstić information content (AvgIpc) is 3.17. The van der Waals surface area contributed by atoms with Crippen LogP contribution in [-0.2, 0) is 9.53 Å². The molecule has 182 valence electrons. The fraction of sp³-hybridized carbons (Fsp3) is 0.207. The van der Waals surface area contributed by atoms with Gasteiger partial charge in [0.1, 0.15) is 5.75 Å². The summed E-state index contributed by atoms with van der Waals surface area (Å²) in [6.45, 7) is 5.39. The molecule has 0 saturated heterocycles. The first kappa shape index (κ1) is 23.8. The predicted molar refractivity (Wildman–Crippen MR) is 142 cm³/mol. The molecule has 7 heteroatoms. The van der Waals surface area contributed by atoms with Gasteiger partial charge in [0.2, 0.25) is 0 Å². The Morgan fingerprint density at radius 1 is 1.06 bits per heavy atom. The van der Waals surface area contributed by atoms with Crippen molar-refractivity contribution in [2.24, 2.45) is 4.99 Å². The minimum atomic E-state index is -0.659. The molecule has 0 amide bonds. The number of carbonyl (C=O) groups is 1. The van der Waals surface area contributed by atoms with Crippen LogP contribution in [0.5, 0.6) is 5.75 Å². The third-order valence-electron chi connectivity index (χ3n) is 6.13. The molecule has 3 aromatic carbocycles. The lowest BCUT2D eigenvalue weighted by Gasteiger charge is -2.25. The summed E-state index contributed by atoms with van der Waals surface area (Å²) >= 11 is 1.32. The maximum absolute atomic E-state index is 13.8. The van der Waals surface area contributed by atoms with Crippen molar-refractivity contribution in [2.75, 3.05) is 7.11 Å². The van der Waals surface area contributed by atoms with Gasteiger partial charge in [-0.3, -0.25) is 9.36 Å². The summed E-state index contributed by atoms with van der Waals surface area (Å²) < 4.78 is 13.0. The van der Waals surface area contributed by atoms with E-state index >= 15 is 0 Å². The molecule has 5 rings (SSSR count). The molecule has 1 unspecified atom stereocenters. The van der Waals surface area contributed by atoms with Gasteiger partial charge >= 0.3 is 5.97 Å². The van der Waals surface area contributed by atoms with Crippen LogP contribution < -0.4 is 19.6 Å². The van der Waals surface area contributed by atoms with E-state index in [-0.39, 0.29) is 11.7 Å². The van der Waals surface area contributed by atoms with E-state index in [1.807, 2.05) is 72.8 Å². The lowest BCUT2D eigenvalue weighted by molar-refractivity contribution is -0.143. The van der Waals surface area contributed by atoms with Gasteiger partial charge in [0.15, 0.2) is 4.80 Å². The number of esters is 1. The van der Waals surface area contributed by atoms with Crippen molar-refractivity contribution in [3.63, 3.8) is 0 Å². The minimum absolute atomic E-state index is 0.199. The number of allylic oxidation sites excluding steroid dienone is 1. The van der Waals surface area contributed by atoms with Crippen molar-refractivity contribution < 1.29 is 14.3 Å². The second-order valence-electron chi connectivity index (χ2n) is 8.88. The summed E-state index contributed by atoms with van der Waals surface area (Å²) in [7, 11) is 1.60. The van der Waals surface area contributed by atoms with E-state index in [0.717, 1.165) is 21.9 Å². The Hall–Kier alpha value is -3.97. The molecule has 0 N–H and O–H groups in total. The van der Waals surface area contributed by atoms with Gasteiger partial charge in [0.05, 0.1) is 35.1 Å². The number of benzene rings is 3. The number of carbonyl (C=O) groups excluding carboxylic acids is 1. The number of nitrogens with zero attached hydrogens (tertiary/aromatic N) is 2. The van der Waals surface area contributed by atoms with Crippen LogP contribution in [0.1, 0.15) is 37.9 Å². The van der Waals surface area contributed by atoms with Gasteiger partial charge in [0, 0.05) is 0 Å². The van der Waals surface area contributed by atoms with Crippen LogP contribution in [0, 0.1) is 0 Å². The number of methoxy groups -OCH3 is 1. The van der Waals surface area contributed by atoms with Crippen LogP contribution in [-0.4, -0.2) is 23.8 Å². The first-order valence-electron chi connectivity index (χ1n) is 11.7. The molecule has 1 aliphatic rings. The molecule has 4 aromatic rings. The zero-order valence-electron chi connectivity index (χ0n) is 20.5. The summed E-state index contributed by atoms with van der Waals surface area (Å²) in [4.78, 5) is 32.3. The zero-order valence-corrected chi connectivity index (χ0v) is 21.3. The number of aromatic nitrogens is 1. The molecule has 1 aliphatic heterocycles. The van der Waals surface area contributed by atoms with E-state index in [9.17, 15) is 9.59 Å². The Kier molecular flexibility index (Phi) is 6.33. The molecule has 0 saturated carbocycles. The zero-order chi connectivity index (χ0) is 25.4. The van der Waals surface area contributed by atoms with Gasteiger partial charge in [-0.15, -0.1) is 0 Å². The summed E-state index contributed by atoms with van der Waals surface area (Å²) in [6, 6.07) is 20.8. The molecular weight excluding hydrogens is 472 g/mol. The fourth-order valence-electron chi connectivity index (χ4n) is 4.48. The van der Waals surface area contributed by atoms with Crippen LogP contribution in [0.3, 0.4) is 0 Å². The van der Waals surface area contributed by atoms with Crippen LogP contribution in [0.4, 0.5) is 0 Å². The Morgan fingerprint density at radius 2 is 1.78 bits per heavy atom. The molecule has 36 heavy (non-hydrogen) atoms. The largest absolute Gasteiger partial charge is 0.497 e. The fourth-order valence-corrected chi connectivity index (χ4v) is 5.52. The van der Waals surface area contributed by atoms with Crippen molar-refractivity contribution in [1.82, 2.24) is 4.57 Å². The lowest BCUT2D eigenvalue weighted by Crippen LogP contribution is -2.40. The first-order valence-corrected chi connectivity index (χ1v) is 12.5. The molecule has 1 aromatic heterocycles. The molecule has 1 atom stereocenters. The topological polar surface area (TPSA) is 69.9 Å². The average molecular weight is 499 g/mol. The molecule has 0 aliphatic carbocycles. The second-order valence-corrected chi connectivity index (χ2v) is 9.89. The van der Waals surface area contributed by atoms with E-state index in [0.29, 0.717) is 26.4 Å². The van der Waals surface area contributed by atoms with Crippen molar-refractivity contribution in [1.29, 1.82) is 0 Å². The van der Waals surface area contributed by atoms with Gasteiger partial charge in [-0.2, -0.15) is 0 Å². The summed E-state index contributed by atoms with van der Waals surface area (Å²) in [5, 5.41) is 2.17.